The molecule has 0 bridgehead atoms. The van der Waals surface area contributed by atoms with E-state index in [4.69, 9.17) is 0 Å². The quantitative estimate of drug-likeness (QED) is 0.618. The van der Waals surface area contributed by atoms with E-state index in [0.29, 0.717) is 41.9 Å². The topological polar surface area (TPSA) is 101 Å². The predicted molar refractivity (Wildman–Crippen MR) is 128 cm³/mol. The molecule has 0 saturated carbocycles. The lowest BCUT2D eigenvalue weighted by atomic mass is 10.1. The van der Waals surface area contributed by atoms with Crippen LogP contribution in [0.4, 0.5) is 5.69 Å². The fourth-order valence-electron chi connectivity index (χ4n) is 4.10. The van der Waals surface area contributed by atoms with Crippen molar-refractivity contribution in [3.63, 3.8) is 0 Å². The Morgan fingerprint density at radius 2 is 1.82 bits per heavy atom. The molecule has 1 amide bonds. The van der Waals surface area contributed by atoms with Crippen molar-refractivity contribution in [1.29, 1.82) is 0 Å². The second-order valence-corrected chi connectivity index (χ2v) is 10.3. The number of amides is 1. The Morgan fingerprint density at radius 3 is 2.52 bits per heavy atom. The summed E-state index contributed by atoms with van der Waals surface area (Å²) in [6, 6.07) is 8.12. The van der Waals surface area contributed by atoms with E-state index in [-0.39, 0.29) is 10.5 Å². The summed E-state index contributed by atoms with van der Waals surface area (Å²) >= 11 is 0. The Hall–Kier alpha value is -3.04. The Labute approximate surface area is 193 Å². The smallest absolute Gasteiger partial charge is 0.261 e. The van der Waals surface area contributed by atoms with Crippen LogP contribution in [0.3, 0.4) is 0 Å². The average molecular weight is 469 g/mol. The Bertz CT molecular complexity index is 1390. The molecule has 174 valence electrons. The number of piperidine rings is 1. The van der Waals surface area contributed by atoms with Gasteiger partial charge in [-0.25, -0.2) is 13.4 Å². The summed E-state index contributed by atoms with van der Waals surface area (Å²) in [6.07, 6.45) is 4.22. The number of nitrogens with one attached hydrogen (secondary N) is 1. The Balaban J connectivity index is 1.70. The predicted octanol–water partition coefficient (Wildman–Crippen LogP) is 3.46. The maximum atomic E-state index is 13.1. The highest BCUT2D eigenvalue weighted by Gasteiger charge is 2.27. The molecular weight excluding hydrogens is 440 g/mol. The van der Waals surface area contributed by atoms with Gasteiger partial charge in [-0.2, -0.15) is 4.31 Å². The van der Waals surface area contributed by atoms with Crippen LogP contribution in [-0.2, 0) is 16.6 Å². The number of hydrogen-bond donors (Lipinski definition) is 1. The monoisotopic (exact) mass is 468 g/mol. The summed E-state index contributed by atoms with van der Waals surface area (Å²) in [5.74, 6) is -0.583. The lowest BCUT2D eigenvalue weighted by Gasteiger charge is -2.26. The normalized spacial score (nSPS) is 15.0. The van der Waals surface area contributed by atoms with E-state index in [1.54, 1.807) is 35.8 Å². The molecule has 9 heteroatoms. The van der Waals surface area contributed by atoms with Crippen molar-refractivity contribution >= 4 is 32.7 Å². The van der Waals surface area contributed by atoms with Gasteiger partial charge in [-0.3, -0.25) is 9.59 Å². The van der Waals surface area contributed by atoms with Gasteiger partial charge in [0.25, 0.3) is 5.91 Å². The van der Waals surface area contributed by atoms with Gasteiger partial charge in [-0.15, -0.1) is 0 Å². The van der Waals surface area contributed by atoms with E-state index in [0.717, 1.165) is 25.0 Å². The molecule has 0 unspecified atom stereocenters. The number of rotatable bonds is 5. The Morgan fingerprint density at radius 1 is 1.09 bits per heavy atom. The molecule has 0 aliphatic carbocycles. The zero-order chi connectivity index (χ0) is 23.8. The number of carbonyl (C=O) groups excluding carboxylic acids is 1. The molecule has 1 aromatic carbocycles. The summed E-state index contributed by atoms with van der Waals surface area (Å²) in [4.78, 5) is 30.7. The minimum atomic E-state index is -3.65. The first kappa shape index (κ1) is 23.1. The molecule has 1 aliphatic heterocycles. The number of carbonyl (C=O) groups is 1. The third-order valence-electron chi connectivity index (χ3n) is 6.06. The fraction of sp³-hybridized carbons (Fsp3) is 0.375. The zero-order valence-electron chi connectivity index (χ0n) is 19.1. The molecule has 4 rings (SSSR count). The van der Waals surface area contributed by atoms with E-state index in [1.165, 1.54) is 16.6 Å². The van der Waals surface area contributed by atoms with Gasteiger partial charge in [0, 0.05) is 37.2 Å². The molecule has 0 radical (unpaired) electrons. The standard InChI is InChI=1S/C24H28N4O4S/c1-4-27-15-20(22(29)19-11-9-17(3)25-23(19)27)24(30)26-21-14-18(10-8-16(21)2)33(31,32)28-12-6-5-7-13-28/h8-11,14-15H,4-7,12-13H2,1-3H3,(H,26,30). The van der Waals surface area contributed by atoms with Crippen LogP contribution in [0.25, 0.3) is 11.0 Å². The summed E-state index contributed by atoms with van der Waals surface area (Å²) in [5.41, 5.74) is 1.96. The van der Waals surface area contributed by atoms with Gasteiger partial charge in [0.05, 0.1) is 10.3 Å². The molecule has 1 N–H and O–H groups in total. The number of benzene rings is 1. The lowest BCUT2D eigenvalue weighted by Crippen LogP contribution is -2.35. The van der Waals surface area contributed by atoms with Crippen LogP contribution >= 0.6 is 0 Å². The minimum absolute atomic E-state index is 0.0151. The van der Waals surface area contributed by atoms with Crippen molar-refractivity contribution in [2.24, 2.45) is 0 Å². The number of pyridine rings is 2. The van der Waals surface area contributed by atoms with E-state index < -0.39 is 21.4 Å². The zero-order valence-corrected chi connectivity index (χ0v) is 19.9. The molecule has 33 heavy (non-hydrogen) atoms. The maximum Gasteiger partial charge on any atom is 0.261 e. The molecule has 1 saturated heterocycles. The first-order valence-corrected chi connectivity index (χ1v) is 12.6. The van der Waals surface area contributed by atoms with Crippen LogP contribution in [0.15, 0.2) is 46.2 Å². The van der Waals surface area contributed by atoms with Gasteiger partial charge in [0.15, 0.2) is 0 Å². The van der Waals surface area contributed by atoms with Crippen molar-refractivity contribution in [2.75, 3.05) is 18.4 Å². The lowest BCUT2D eigenvalue weighted by molar-refractivity contribution is 0.102. The van der Waals surface area contributed by atoms with Crippen molar-refractivity contribution in [2.45, 2.75) is 51.5 Å². The van der Waals surface area contributed by atoms with Gasteiger partial charge in [0.1, 0.15) is 11.2 Å². The van der Waals surface area contributed by atoms with Gasteiger partial charge in [0.2, 0.25) is 15.5 Å². The molecule has 8 nitrogen and oxygen atoms in total. The average Bonchev–Trinajstić information content (AvgIpc) is 2.81. The van der Waals surface area contributed by atoms with Crippen LogP contribution in [0.2, 0.25) is 0 Å². The second kappa shape index (κ2) is 9.07. The summed E-state index contributed by atoms with van der Waals surface area (Å²) in [6.45, 7) is 7.07. The summed E-state index contributed by atoms with van der Waals surface area (Å²) in [7, 11) is -3.65. The SMILES string of the molecule is CCn1cc(C(=O)Nc2cc(S(=O)(=O)N3CCCCC3)ccc2C)c(=O)c2ccc(C)nc21. The third-order valence-corrected chi connectivity index (χ3v) is 7.95. The number of anilines is 1. The van der Waals surface area contributed by atoms with Crippen LogP contribution in [0, 0.1) is 13.8 Å². The summed E-state index contributed by atoms with van der Waals surface area (Å²) in [5, 5.41) is 3.12. The number of hydrogen-bond acceptors (Lipinski definition) is 5. The van der Waals surface area contributed by atoms with Crippen molar-refractivity contribution in [3.05, 3.63) is 63.6 Å². The number of fused-ring (bicyclic) bond motifs is 1. The Kier molecular flexibility index (Phi) is 6.36. The van der Waals surface area contributed by atoms with Gasteiger partial charge < -0.3 is 9.88 Å². The van der Waals surface area contributed by atoms with Crippen LogP contribution < -0.4 is 10.7 Å². The largest absolute Gasteiger partial charge is 0.332 e. The van der Waals surface area contributed by atoms with Crippen LogP contribution in [-0.4, -0.2) is 41.3 Å². The van der Waals surface area contributed by atoms with Gasteiger partial charge in [-0.1, -0.05) is 12.5 Å². The molecular formula is C24H28N4O4S. The first-order valence-electron chi connectivity index (χ1n) is 11.2. The molecule has 1 aliphatic rings. The van der Waals surface area contributed by atoms with Crippen molar-refractivity contribution in [3.8, 4) is 0 Å². The van der Waals surface area contributed by atoms with Gasteiger partial charge in [-0.05, 0) is 63.4 Å². The highest BCUT2D eigenvalue weighted by molar-refractivity contribution is 7.89. The van der Waals surface area contributed by atoms with Gasteiger partial charge >= 0.3 is 0 Å². The molecule has 0 atom stereocenters. The molecule has 1 fully saturated rings. The van der Waals surface area contributed by atoms with Crippen molar-refractivity contribution < 1.29 is 13.2 Å². The minimum Gasteiger partial charge on any atom is -0.332 e. The molecule has 0 spiro atoms. The maximum absolute atomic E-state index is 13.1. The second-order valence-electron chi connectivity index (χ2n) is 8.38. The number of aryl methyl sites for hydroxylation is 3. The fourth-order valence-corrected chi connectivity index (χ4v) is 5.65. The molecule has 3 aromatic rings. The highest BCUT2D eigenvalue weighted by Crippen LogP contribution is 2.25. The number of nitrogens with zero attached hydrogens (tertiary/aromatic N) is 3. The highest BCUT2D eigenvalue weighted by atomic mass is 32.2. The van der Waals surface area contributed by atoms with Crippen LogP contribution in [0.1, 0.15) is 47.8 Å². The molecule has 2 aromatic heterocycles. The van der Waals surface area contributed by atoms with E-state index in [1.807, 2.05) is 13.8 Å². The molecule has 3 heterocycles. The van der Waals surface area contributed by atoms with E-state index in [9.17, 15) is 18.0 Å². The van der Waals surface area contributed by atoms with Crippen LogP contribution in [0.5, 0.6) is 0 Å². The van der Waals surface area contributed by atoms with E-state index >= 15 is 0 Å². The first-order chi connectivity index (χ1) is 15.7. The summed E-state index contributed by atoms with van der Waals surface area (Å²) < 4.78 is 29.4. The van der Waals surface area contributed by atoms with Crippen molar-refractivity contribution in [1.82, 2.24) is 13.9 Å². The van der Waals surface area contributed by atoms with E-state index in [2.05, 4.69) is 10.3 Å². The number of aromatic nitrogens is 2. The number of sulfonamides is 1. The third kappa shape index (κ3) is 4.43.